The lowest BCUT2D eigenvalue weighted by Crippen LogP contribution is -2.29. The van der Waals surface area contributed by atoms with Crippen molar-refractivity contribution in [3.8, 4) is 0 Å². The summed E-state index contributed by atoms with van der Waals surface area (Å²) in [5.41, 5.74) is 5.46. The SMILES string of the molecule is Cc1ccc(C(NN)C2CC2)cc1Br. The van der Waals surface area contributed by atoms with Crippen LogP contribution in [0, 0.1) is 12.8 Å². The normalized spacial score (nSPS) is 18.2. The van der Waals surface area contributed by atoms with Gasteiger partial charge in [-0.05, 0) is 42.9 Å². The Morgan fingerprint density at radius 1 is 1.50 bits per heavy atom. The molecule has 76 valence electrons. The molecule has 3 heteroatoms. The first kappa shape index (κ1) is 10.1. The summed E-state index contributed by atoms with van der Waals surface area (Å²) in [5.74, 6) is 6.30. The maximum atomic E-state index is 5.57. The molecule has 1 saturated carbocycles. The van der Waals surface area contributed by atoms with E-state index in [0.29, 0.717) is 6.04 Å². The van der Waals surface area contributed by atoms with E-state index in [0.717, 1.165) is 10.4 Å². The van der Waals surface area contributed by atoms with E-state index in [1.807, 2.05) is 0 Å². The van der Waals surface area contributed by atoms with Crippen molar-refractivity contribution in [3.63, 3.8) is 0 Å². The Labute approximate surface area is 93.0 Å². The lowest BCUT2D eigenvalue weighted by Gasteiger charge is -2.16. The van der Waals surface area contributed by atoms with Gasteiger partial charge in [-0.2, -0.15) is 0 Å². The largest absolute Gasteiger partial charge is 0.271 e. The molecule has 1 atom stereocenters. The third kappa shape index (κ3) is 2.00. The van der Waals surface area contributed by atoms with Gasteiger partial charge in [0.25, 0.3) is 0 Å². The third-order valence-electron chi connectivity index (χ3n) is 2.83. The van der Waals surface area contributed by atoms with Crippen LogP contribution in [0.4, 0.5) is 0 Å². The monoisotopic (exact) mass is 254 g/mol. The van der Waals surface area contributed by atoms with E-state index in [-0.39, 0.29) is 0 Å². The molecule has 1 aromatic rings. The minimum absolute atomic E-state index is 0.326. The molecular formula is C11H15BrN2. The molecule has 1 unspecified atom stereocenters. The molecule has 1 aliphatic carbocycles. The van der Waals surface area contributed by atoms with Gasteiger partial charge in [0, 0.05) is 10.5 Å². The van der Waals surface area contributed by atoms with Crippen molar-refractivity contribution in [2.75, 3.05) is 0 Å². The number of halogens is 1. The smallest absolute Gasteiger partial charge is 0.0488 e. The van der Waals surface area contributed by atoms with E-state index < -0.39 is 0 Å². The van der Waals surface area contributed by atoms with Crippen molar-refractivity contribution in [2.45, 2.75) is 25.8 Å². The highest BCUT2D eigenvalue weighted by molar-refractivity contribution is 9.10. The Morgan fingerprint density at radius 2 is 2.21 bits per heavy atom. The summed E-state index contributed by atoms with van der Waals surface area (Å²) in [6.07, 6.45) is 2.58. The molecule has 2 nitrogen and oxygen atoms in total. The second-order valence-electron chi connectivity index (χ2n) is 3.99. The quantitative estimate of drug-likeness (QED) is 0.643. The first-order valence-corrected chi connectivity index (χ1v) is 5.74. The first-order chi connectivity index (χ1) is 6.72. The molecule has 1 fully saturated rings. The van der Waals surface area contributed by atoms with Gasteiger partial charge in [-0.15, -0.1) is 0 Å². The molecule has 3 N–H and O–H groups in total. The van der Waals surface area contributed by atoms with Crippen LogP contribution in [-0.4, -0.2) is 0 Å². The Balaban J connectivity index is 2.25. The molecular weight excluding hydrogens is 240 g/mol. The van der Waals surface area contributed by atoms with E-state index in [2.05, 4.69) is 46.5 Å². The van der Waals surface area contributed by atoms with Gasteiger partial charge in [0.1, 0.15) is 0 Å². The fraction of sp³-hybridized carbons (Fsp3) is 0.455. The van der Waals surface area contributed by atoms with Crippen LogP contribution in [0.3, 0.4) is 0 Å². The molecule has 1 aliphatic rings. The van der Waals surface area contributed by atoms with Crippen LogP contribution >= 0.6 is 15.9 Å². The van der Waals surface area contributed by atoms with Gasteiger partial charge in [-0.25, -0.2) is 0 Å². The maximum Gasteiger partial charge on any atom is 0.0488 e. The molecule has 0 saturated heterocycles. The number of hydrazine groups is 1. The first-order valence-electron chi connectivity index (χ1n) is 4.94. The van der Waals surface area contributed by atoms with Crippen LogP contribution in [0.2, 0.25) is 0 Å². The fourth-order valence-electron chi connectivity index (χ4n) is 1.74. The van der Waals surface area contributed by atoms with E-state index in [1.54, 1.807) is 0 Å². The summed E-state index contributed by atoms with van der Waals surface area (Å²) in [6, 6.07) is 6.78. The van der Waals surface area contributed by atoms with E-state index in [1.165, 1.54) is 24.0 Å². The van der Waals surface area contributed by atoms with Crippen molar-refractivity contribution in [2.24, 2.45) is 11.8 Å². The topological polar surface area (TPSA) is 38.0 Å². The highest BCUT2D eigenvalue weighted by Gasteiger charge is 2.31. The molecule has 0 aromatic heterocycles. The van der Waals surface area contributed by atoms with Gasteiger partial charge in [-0.1, -0.05) is 28.1 Å². The number of hydrogen-bond acceptors (Lipinski definition) is 2. The molecule has 0 aliphatic heterocycles. The lowest BCUT2D eigenvalue weighted by atomic mass is 10.0. The van der Waals surface area contributed by atoms with Gasteiger partial charge in [0.05, 0.1) is 0 Å². The molecule has 0 heterocycles. The highest BCUT2D eigenvalue weighted by atomic mass is 79.9. The van der Waals surface area contributed by atoms with Gasteiger partial charge in [0.15, 0.2) is 0 Å². The predicted molar refractivity (Wildman–Crippen MR) is 61.7 cm³/mol. The van der Waals surface area contributed by atoms with Crippen LogP contribution in [0.15, 0.2) is 22.7 Å². The van der Waals surface area contributed by atoms with Crippen molar-refractivity contribution >= 4 is 15.9 Å². The highest BCUT2D eigenvalue weighted by Crippen LogP contribution is 2.41. The summed E-state index contributed by atoms with van der Waals surface area (Å²) in [7, 11) is 0. The van der Waals surface area contributed by atoms with Crippen molar-refractivity contribution in [1.29, 1.82) is 0 Å². The Hall–Kier alpha value is -0.380. The fourth-order valence-corrected chi connectivity index (χ4v) is 2.13. The molecule has 0 amide bonds. The van der Waals surface area contributed by atoms with Gasteiger partial charge in [0.2, 0.25) is 0 Å². The Morgan fingerprint density at radius 3 is 2.71 bits per heavy atom. The van der Waals surface area contributed by atoms with Crippen LogP contribution in [-0.2, 0) is 0 Å². The Kier molecular flexibility index (Phi) is 2.91. The average molecular weight is 255 g/mol. The summed E-state index contributed by atoms with van der Waals surface area (Å²) in [5, 5.41) is 0. The van der Waals surface area contributed by atoms with E-state index in [4.69, 9.17) is 5.84 Å². The van der Waals surface area contributed by atoms with E-state index >= 15 is 0 Å². The van der Waals surface area contributed by atoms with Gasteiger partial charge in [-0.3, -0.25) is 11.3 Å². The minimum Gasteiger partial charge on any atom is -0.271 e. The maximum absolute atomic E-state index is 5.57. The zero-order valence-electron chi connectivity index (χ0n) is 8.26. The number of nitrogens with two attached hydrogens (primary N) is 1. The number of rotatable bonds is 3. The molecule has 1 aromatic carbocycles. The number of nitrogens with one attached hydrogen (secondary N) is 1. The molecule has 2 rings (SSSR count). The molecule has 0 bridgehead atoms. The number of aryl methyl sites for hydroxylation is 1. The zero-order chi connectivity index (χ0) is 10.1. The molecule has 14 heavy (non-hydrogen) atoms. The summed E-state index contributed by atoms with van der Waals surface area (Å²) in [6.45, 7) is 2.09. The van der Waals surface area contributed by atoms with Crippen molar-refractivity contribution in [1.82, 2.24) is 5.43 Å². The van der Waals surface area contributed by atoms with E-state index in [9.17, 15) is 0 Å². The van der Waals surface area contributed by atoms with Crippen LogP contribution in [0.1, 0.15) is 30.0 Å². The second-order valence-corrected chi connectivity index (χ2v) is 4.84. The standard InChI is InChI=1S/C11H15BrN2/c1-7-2-3-9(6-10(7)12)11(14-13)8-4-5-8/h2-3,6,8,11,14H,4-5,13H2,1H3. The predicted octanol–water partition coefficient (Wildman–Crippen LogP) is 2.67. The average Bonchev–Trinajstić information content (AvgIpc) is 2.96. The molecule has 0 radical (unpaired) electrons. The Bertz CT molecular complexity index is 334. The number of benzene rings is 1. The minimum atomic E-state index is 0.326. The van der Waals surface area contributed by atoms with Gasteiger partial charge >= 0.3 is 0 Å². The summed E-state index contributed by atoms with van der Waals surface area (Å²) < 4.78 is 1.16. The number of hydrogen-bond donors (Lipinski definition) is 2. The summed E-state index contributed by atoms with van der Waals surface area (Å²) in [4.78, 5) is 0. The van der Waals surface area contributed by atoms with Crippen LogP contribution in [0.25, 0.3) is 0 Å². The second kappa shape index (κ2) is 4.01. The van der Waals surface area contributed by atoms with Gasteiger partial charge < -0.3 is 0 Å². The lowest BCUT2D eigenvalue weighted by molar-refractivity contribution is 0.496. The van der Waals surface area contributed by atoms with Crippen molar-refractivity contribution in [3.05, 3.63) is 33.8 Å². The van der Waals surface area contributed by atoms with Crippen LogP contribution in [0.5, 0.6) is 0 Å². The summed E-state index contributed by atoms with van der Waals surface area (Å²) >= 11 is 3.54. The van der Waals surface area contributed by atoms with Crippen LogP contribution < -0.4 is 11.3 Å². The zero-order valence-corrected chi connectivity index (χ0v) is 9.84. The molecule has 0 spiro atoms. The van der Waals surface area contributed by atoms with Crippen molar-refractivity contribution < 1.29 is 0 Å². The third-order valence-corrected chi connectivity index (χ3v) is 3.68.